The van der Waals surface area contributed by atoms with Crippen molar-refractivity contribution in [3.05, 3.63) is 52.7 Å². The number of amides is 1. The van der Waals surface area contributed by atoms with E-state index in [1.807, 2.05) is 29.2 Å². The number of benzene rings is 1. The lowest BCUT2D eigenvalue weighted by Gasteiger charge is -2.24. The van der Waals surface area contributed by atoms with E-state index in [1.165, 1.54) is 0 Å². The predicted octanol–water partition coefficient (Wildman–Crippen LogP) is 1.41. The molecule has 1 fully saturated rings. The third kappa shape index (κ3) is 3.60. The van der Waals surface area contributed by atoms with E-state index >= 15 is 0 Å². The number of aromatic nitrogens is 2. The van der Waals surface area contributed by atoms with Gasteiger partial charge in [-0.15, -0.1) is 10.2 Å². The number of rotatable bonds is 4. The number of aliphatic hydroxyl groups is 1. The number of nitrogens with two attached hydrogens (primary N) is 1. The Hall–Kier alpha value is -2.18. The third-order valence-corrected chi connectivity index (χ3v) is 4.22. The van der Waals surface area contributed by atoms with Gasteiger partial charge in [-0.1, -0.05) is 23.7 Å². The lowest BCUT2D eigenvalue weighted by molar-refractivity contribution is 0.0637. The van der Waals surface area contributed by atoms with Crippen LogP contribution in [0.1, 0.15) is 22.5 Å². The van der Waals surface area contributed by atoms with Crippen molar-refractivity contribution in [1.82, 2.24) is 10.2 Å². The normalized spacial score (nSPS) is 20.7. The first-order chi connectivity index (χ1) is 11.0. The number of hydrogen-bond donors (Lipinski definition) is 2. The number of halogens is 1. The molecular formula is C16H17ClN4O2. The van der Waals surface area contributed by atoms with E-state index in [2.05, 4.69) is 10.2 Å². The maximum absolute atomic E-state index is 11.0. The summed E-state index contributed by atoms with van der Waals surface area (Å²) in [7, 11) is 0. The van der Waals surface area contributed by atoms with Gasteiger partial charge in [-0.25, -0.2) is 0 Å². The minimum atomic E-state index is -0.839. The van der Waals surface area contributed by atoms with E-state index in [0.717, 1.165) is 5.56 Å². The first-order valence-electron chi connectivity index (χ1n) is 7.30. The van der Waals surface area contributed by atoms with Gasteiger partial charge in [0.15, 0.2) is 11.5 Å². The number of carbonyl (C=O) groups is 1. The lowest BCUT2D eigenvalue weighted by Crippen LogP contribution is -2.35. The second-order valence-electron chi connectivity index (χ2n) is 5.84. The Balaban J connectivity index is 1.70. The second-order valence-corrected chi connectivity index (χ2v) is 6.28. The van der Waals surface area contributed by atoms with Crippen molar-refractivity contribution >= 4 is 23.3 Å². The Morgan fingerprint density at radius 1 is 1.35 bits per heavy atom. The highest BCUT2D eigenvalue weighted by Gasteiger charge is 2.36. The number of anilines is 1. The number of carbonyl (C=O) groups excluding carboxylic acids is 1. The van der Waals surface area contributed by atoms with Crippen LogP contribution < -0.4 is 10.6 Å². The maximum atomic E-state index is 11.0. The standard InChI is InChI=1S/C16H17ClN4O2/c17-12-3-1-2-11(8-12)9-16(23)6-7-21(10-16)14-5-4-13(15(18)22)19-20-14/h1-5,8,23H,6-7,9-10H2,(H2,18,22). The number of β-amino-alcohol motifs (C(OH)–C–C–N with tert-alkyl or cyclic N) is 1. The fourth-order valence-corrected chi connectivity index (χ4v) is 3.06. The van der Waals surface area contributed by atoms with Crippen LogP contribution in [0, 0.1) is 0 Å². The Morgan fingerprint density at radius 2 is 2.17 bits per heavy atom. The number of primary amides is 1. The molecular weight excluding hydrogens is 316 g/mol. The fourth-order valence-electron chi connectivity index (χ4n) is 2.85. The molecule has 0 saturated carbocycles. The zero-order valence-electron chi connectivity index (χ0n) is 12.4. The van der Waals surface area contributed by atoms with Crippen LogP contribution in [-0.4, -0.2) is 39.9 Å². The highest BCUT2D eigenvalue weighted by atomic mass is 35.5. The Morgan fingerprint density at radius 3 is 2.83 bits per heavy atom. The third-order valence-electron chi connectivity index (χ3n) is 3.98. The van der Waals surface area contributed by atoms with Crippen molar-refractivity contribution in [2.24, 2.45) is 5.73 Å². The van der Waals surface area contributed by atoms with Gasteiger partial charge in [0.25, 0.3) is 5.91 Å². The molecule has 23 heavy (non-hydrogen) atoms. The van der Waals surface area contributed by atoms with E-state index in [4.69, 9.17) is 17.3 Å². The molecule has 1 atom stereocenters. The average molecular weight is 333 g/mol. The summed E-state index contributed by atoms with van der Waals surface area (Å²) < 4.78 is 0. The summed E-state index contributed by atoms with van der Waals surface area (Å²) in [5, 5.41) is 19.3. The zero-order valence-corrected chi connectivity index (χ0v) is 13.2. The van der Waals surface area contributed by atoms with E-state index in [9.17, 15) is 9.90 Å². The van der Waals surface area contributed by atoms with Crippen molar-refractivity contribution < 1.29 is 9.90 Å². The van der Waals surface area contributed by atoms with Crippen LogP contribution in [0.15, 0.2) is 36.4 Å². The zero-order chi connectivity index (χ0) is 16.4. The highest BCUT2D eigenvalue weighted by molar-refractivity contribution is 6.30. The largest absolute Gasteiger partial charge is 0.388 e. The molecule has 0 aliphatic carbocycles. The topological polar surface area (TPSA) is 92.3 Å². The van der Waals surface area contributed by atoms with Gasteiger partial charge >= 0.3 is 0 Å². The van der Waals surface area contributed by atoms with Crippen LogP contribution >= 0.6 is 11.6 Å². The molecule has 1 saturated heterocycles. The molecule has 0 bridgehead atoms. The van der Waals surface area contributed by atoms with Crippen molar-refractivity contribution in [2.75, 3.05) is 18.0 Å². The summed E-state index contributed by atoms with van der Waals surface area (Å²) in [6.07, 6.45) is 1.15. The summed E-state index contributed by atoms with van der Waals surface area (Å²) in [6.45, 7) is 1.12. The van der Waals surface area contributed by atoms with Crippen LogP contribution in [0.4, 0.5) is 5.82 Å². The van der Waals surface area contributed by atoms with E-state index in [1.54, 1.807) is 12.1 Å². The molecule has 1 aliphatic heterocycles. The van der Waals surface area contributed by atoms with Crippen LogP contribution in [0.3, 0.4) is 0 Å². The van der Waals surface area contributed by atoms with Crippen LogP contribution in [0.25, 0.3) is 0 Å². The van der Waals surface area contributed by atoms with Gasteiger partial charge in [-0.2, -0.15) is 0 Å². The summed E-state index contributed by atoms with van der Waals surface area (Å²) in [5.74, 6) is 0.0138. The van der Waals surface area contributed by atoms with Gasteiger partial charge in [0.2, 0.25) is 0 Å². The minimum Gasteiger partial charge on any atom is -0.388 e. The van der Waals surface area contributed by atoms with Crippen molar-refractivity contribution in [3.8, 4) is 0 Å². The lowest BCUT2D eigenvalue weighted by atomic mass is 9.94. The van der Waals surface area contributed by atoms with Crippen LogP contribution in [-0.2, 0) is 6.42 Å². The second kappa shape index (κ2) is 6.14. The van der Waals surface area contributed by atoms with E-state index in [0.29, 0.717) is 36.8 Å². The van der Waals surface area contributed by atoms with Gasteiger partial charge in [0.05, 0.1) is 5.60 Å². The molecule has 0 spiro atoms. The highest BCUT2D eigenvalue weighted by Crippen LogP contribution is 2.29. The molecule has 3 rings (SSSR count). The van der Waals surface area contributed by atoms with Crippen molar-refractivity contribution in [3.63, 3.8) is 0 Å². The monoisotopic (exact) mass is 332 g/mol. The summed E-state index contributed by atoms with van der Waals surface area (Å²) in [6, 6.07) is 10.7. The summed E-state index contributed by atoms with van der Waals surface area (Å²) in [4.78, 5) is 13.0. The maximum Gasteiger partial charge on any atom is 0.269 e. The average Bonchev–Trinajstić information content (AvgIpc) is 2.89. The fraction of sp³-hybridized carbons (Fsp3) is 0.312. The van der Waals surface area contributed by atoms with E-state index < -0.39 is 11.5 Å². The van der Waals surface area contributed by atoms with Gasteiger partial charge in [0, 0.05) is 24.5 Å². The molecule has 2 aromatic rings. The van der Waals surface area contributed by atoms with Gasteiger partial charge in [-0.3, -0.25) is 4.79 Å². The first kappa shape index (κ1) is 15.7. The Labute approximate surface area is 138 Å². The molecule has 3 N–H and O–H groups in total. The number of hydrogen-bond acceptors (Lipinski definition) is 5. The molecule has 1 aromatic carbocycles. The van der Waals surface area contributed by atoms with Gasteiger partial charge in [0.1, 0.15) is 0 Å². The van der Waals surface area contributed by atoms with Gasteiger partial charge in [-0.05, 0) is 36.2 Å². The smallest absolute Gasteiger partial charge is 0.269 e. The molecule has 2 heterocycles. The van der Waals surface area contributed by atoms with Crippen molar-refractivity contribution in [1.29, 1.82) is 0 Å². The van der Waals surface area contributed by atoms with Gasteiger partial charge < -0.3 is 15.7 Å². The molecule has 1 unspecified atom stereocenters. The molecule has 1 aliphatic rings. The minimum absolute atomic E-state index is 0.127. The van der Waals surface area contributed by atoms with E-state index in [-0.39, 0.29) is 5.69 Å². The molecule has 0 radical (unpaired) electrons. The molecule has 7 heteroatoms. The van der Waals surface area contributed by atoms with Crippen LogP contribution in [0.2, 0.25) is 5.02 Å². The van der Waals surface area contributed by atoms with Crippen LogP contribution in [0.5, 0.6) is 0 Å². The molecule has 6 nitrogen and oxygen atoms in total. The molecule has 1 amide bonds. The molecule has 1 aromatic heterocycles. The summed E-state index contributed by atoms with van der Waals surface area (Å²) in [5.41, 5.74) is 5.44. The quantitative estimate of drug-likeness (QED) is 0.883. The SMILES string of the molecule is NC(=O)c1ccc(N2CCC(O)(Cc3cccc(Cl)c3)C2)nn1. The number of nitrogens with zero attached hydrogens (tertiary/aromatic N) is 3. The Kier molecular flexibility index (Phi) is 4.19. The first-order valence-corrected chi connectivity index (χ1v) is 7.68. The predicted molar refractivity (Wildman–Crippen MR) is 87.5 cm³/mol. The Bertz CT molecular complexity index is 722. The summed E-state index contributed by atoms with van der Waals surface area (Å²) >= 11 is 5.99. The molecule has 120 valence electrons. The van der Waals surface area contributed by atoms with Crippen molar-refractivity contribution in [2.45, 2.75) is 18.4 Å².